The number of halogens is 1. The van der Waals surface area contributed by atoms with Crippen molar-refractivity contribution in [1.29, 1.82) is 0 Å². The van der Waals surface area contributed by atoms with Crippen LogP contribution in [0, 0.1) is 0 Å². The standard InChI is InChI=1S/C13H10ClN3O2S/c14-10-5-3-9(4-6-10)8-20(19)13-16-15-12(18)11-2-1-7-17(11)13/h1-7H,8H2,(H,15,18). The molecule has 1 atom stereocenters. The van der Waals surface area contributed by atoms with Gasteiger partial charge in [-0.2, -0.15) is 0 Å². The number of aromatic nitrogens is 3. The predicted octanol–water partition coefficient (Wildman–Crippen LogP) is 2.40. The Balaban J connectivity index is 1.92. The quantitative estimate of drug-likeness (QED) is 0.754. The van der Waals surface area contributed by atoms with Gasteiger partial charge in [0.2, 0.25) is 0 Å². The Labute approximate surface area is 123 Å². The van der Waals surface area contributed by atoms with Crippen molar-refractivity contribution >= 4 is 28.3 Å². The Hall–Kier alpha value is -1.76. The van der Waals surface area contributed by atoms with Gasteiger partial charge in [-0.3, -0.25) is 4.40 Å². The van der Waals surface area contributed by atoms with Crippen LogP contribution in [0.5, 0.6) is 5.88 Å². The first kappa shape index (κ1) is 13.2. The summed E-state index contributed by atoms with van der Waals surface area (Å²) >= 11 is 4.45. The maximum Gasteiger partial charge on any atom is 0.347 e. The summed E-state index contributed by atoms with van der Waals surface area (Å²) in [6.07, 6.45) is 1.69. The molecule has 0 aliphatic carbocycles. The number of hydrogen-bond donors (Lipinski definition) is 1. The fraction of sp³-hybridized carbons (Fsp3) is 0.0769. The zero-order valence-electron chi connectivity index (χ0n) is 10.2. The third-order valence-electron chi connectivity index (χ3n) is 2.83. The van der Waals surface area contributed by atoms with E-state index >= 15 is 0 Å². The van der Waals surface area contributed by atoms with Crippen molar-refractivity contribution < 1.29 is 9.66 Å². The van der Waals surface area contributed by atoms with Crippen LogP contribution in [-0.4, -0.2) is 24.3 Å². The second-order valence-corrected chi connectivity index (χ2v) is 5.97. The molecule has 3 rings (SSSR count). The molecule has 0 saturated heterocycles. The zero-order chi connectivity index (χ0) is 14.1. The van der Waals surface area contributed by atoms with Gasteiger partial charge in [0, 0.05) is 28.0 Å². The molecule has 1 aromatic carbocycles. The van der Waals surface area contributed by atoms with Crippen molar-refractivity contribution in [2.45, 2.75) is 10.9 Å². The van der Waals surface area contributed by atoms with Crippen LogP contribution in [-0.2, 0) is 16.9 Å². The molecule has 20 heavy (non-hydrogen) atoms. The summed E-state index contributed by atoms with van der Waals surface area (Å²) in [7, 11) is 0. The first-order chi connectivity index (χ1) is 9.65. The highest BCUT2D eigenvalue weighted by molar-refractivity contribution is 7.90. The van der Waals surface area contributed by atoms with E-state index in [4.69, 9.17) is 11.6 Å². The number of nitrogens with zero attached hydrogens (tertiary/aromatic N) is 3. The van der Waals surface area contributed by atoms with Gasteiger partial charge < -0.3 is 9.66 Å². The molecule has 102 valence electrons. The van der Waals surface area contributed by atoms with E-state index in [0.717, 1.165) is 5.56 Å². The molecule has 0 bridgehead atoms. The third kappa shape index (κ3) is 2.45. The number of benzene rings is 1. The molecule has 0 spiro atoms. The van der Waals surface area contributed by atoms with Gasteiger partial charge in [0.05, 0.1) is 0 Å². The van der Waals surface area contributed by atoms with Crippen LogP contribution in [0.4, 0.5) is 0 Å². The van der Waals surface area contributed by atoms with Gasteiger partial charge >= 0.3 is 5.16 Å². The maximum absolute atomic E-state index is 12.4. The Kier molecular flexibility index (Phi) is 3.52. The molecular formula is C13H10ClN3O2S. The lowest BCUT2D eigenvalue weighted by Crippen LogP contribution is -2.13. The lowest BCUT2D eigenvalue weighted by molar-refractivity contribution is 0.441. The van der Waals surface area contributed by atoms with E-state index in [9.17, 15) is 9.66 Å². The van der Waals surface area contributed by atoms with Crippen LogP contribution in [0.15, 0.2) is 47.8 Å². The van der Waals surface area contributed by atoms with E-state index < -0.39 is 11.2 Å². The molecule has 3 aromatic rings. The predicted molar refractivity (Wildman–Crippen MR) is 76.2 cm³/mol. The van der Waals surface area contributed by atoms with Gasteiger partial charge in [0.15, 0.2) is 0 Å². The van der Waals surface area contributed by atoms with E-state index in [0.29, 0.717) is 21.4 Å². The van der Waals surface area contributed by atoms with E-state index in [1.807, 2.05) is 12.1 Å². The molecule has 1 N–H and O–H groups in total. The Morgan fingerprint density at radius 3 is 2.70 bits per heavy atom. The molecule has 0 aliphatic rings. The van der Waals surface area contributed by atoms with Crippen molar-refractivity contribution in [2.75, 3.05) is 0 Å². The van der Waals surface area contributed by atoms with Crippen LogP contribution in [0.1, 0.15) is 5.56 Å². The van der Waals surface area contributed by atoms with Gasteiger partial charge in [-0.25, -0.2) is 0 Å². The van der Waals surface area contributed by atoms with Crippen LogP contribution >= 0.6 is 11.6 Å². The van der Waals surface area contributed by atoms with Gasteiger partial charge in [-0.1, -0.05) is 28.8 Å². The molecule has 7 heteroatoms. The summed E-state index contributed by atoms with van der Waals surface area (Å²) in [5, 5.41) is 18.0. The Morgan fingerprint density at radius 1 is 1.20 bits per heavy atom. The summed E-state index contributed by atoms with van der Waals surface area (Å²) in [5.41, 5.74) is 1.38. The Morgan fingerprint density at radius 2 is 1.95 bits per heavy atom. The average Bonchev–Trinajstić information content (AvgIpc) is 2.92. The van der Waals surface area contributed by atoms with E-state index in [-0.39, 0.29) is 5.88 Å². The molecule has 2 heterocycles. The van der Waals surface area contributed by atoms with Crippen LogP contribution in [0.25, 0.3) is 5.52 Å². The molecule has 1 unspecified atom stereocenters. The Bertz CT molecular complexity index is 745. The number of rotatable bonds is 3. The van der Waals surface area contributed by atoms with Gasteiger partial charge in [-0.15, -0.1) is 5.10 Å². The van der Waals surface area contributed by atoms with Crippen LogP contribution in [0.2, 0.25) is 5.02 Å². The number of hydrogen-bond acceptors (Lipinski definition) is 4. The summed E-state index contributed by atoms with van der Waals surface area (Å²) in [6, 6.07) is 10.6. The largest absolute Gasteiger partial charge is 0.609 e. The SMILES string of the molecule is [O-][S+](Cc1ccc(Cl)cc1)c1nnc(O)c2cccn12. The molecule has 2 aromatic heterocycles. The molecule has 0 radical (unpaired) electrons. The number of fused-ring (bicyclic) bond motifs is 1. The fourth-order valence-corrected chi connectivity index (χ4v) is 3.13. The summed E-state index contributed by atoms with van der Waals surface area (Å²) in [4.78, 5) is 0. The summed E-state index contributed by atoms with van der Waals surface area (Å²) in [5.74, 6) is 0.131. The van der Waals surface area contributed by atoms with Crippen molar-refractivity contribution in [3.63, 3.8) is 0 Å². The smallest absolute Gasteiger partial charge is 0.347 e. The van der Waals surface area contributed by atoms with Gasteiger partial charge in [-0.05, 0) is 24.3 Å². The second-order valence-electron chi connectivity index (χ2n) is 4.19. The highest BCUT2D eigenvalue weighted by Crippen LogP contribution is 2.21. The van der Waals surface area contributed by atoms with Gasteiger partial charge in [0.1, 0.15) is 11.3 Å². The van der Waals surface area contributed by atoms with E-state index in [1.54, 1.807) is 34.9 Å². The highest BCUT2D eigenvalue weighted by atomic mass is 35.5. The topological polar surface area (TPSA) is 73.5 Å². The monoisotopic (exact) mass is 307 g/mol. The van der Waals surface area contributed by atoms with Crippen LogP contribution in [0.3, 0.4) is 0 Å². The third-order valence-corrected chi connectivity index (χ3v) is 4.36. The van der Waals surface area contributed by atoms with Crippen molar-refractivity contribution in [3.05, 3.63) is 53.2 Å². The molecule has 5 nitrogen and oxygen atoms in total. The van der Waals surface area contributed by atoms with Gasteiger partial charge in [0.25, 0.3) is 5.88 Å². The van der Waals surface area contributed by atoms with E-state index in [1.165, 1.54) is 0 Å². The minimum atomic E-state index is -1.37. The van der Waals surface area contributed by atoms with Crippen molar-refractivity contribution in [2.24, 2.45) is 0 Å². The van der Waals surface area contributed by atoms with Crippen LogP contribution < -0.4 is 0 Å². The summed E-state index contributed by atoms with van der Waals surface area (Å²) < 4.78 is 14.0. The average molecular weight is 308 g/mol. The lowest BCUT2D eigenvalue weighted by atomic mass is 10.2. The minimum Gasteiger partial charge on any atom is -0.609 e. The minimum absolute atomic E-state index is 0.178. The fourth-order valence-electron chi connectivity index (χ4n) is 1.87. The first-order valence-corrected chi connectivity index (χ1v) is 7.50. The normalized spacial score (nSPS) is 12.7. The van der Waals surface area contributed by atoms with E-state index in [2.05, 4.69) is 10.2 Å². The maximum atomic E-state index is 12.4. The summed E-state index contributed by atoms with van der Waals surface area (Å²) in [6.45, 7) is 0. The number of aromatic hydroxyl groups is 1. The van der Waals surface area contributed by atoms with Crippen molar-refractivity contribution in [1.82, 2.24) is 14.6 Å². The highest BCUT2D eigenvalue weighted by Gasteiger charge is 2.20. The second kappa shape index (κ2) is 5.32. The lowest BCUT2D eigenvalue weighted by Gasteiger charge is -2.10. The molecule has 0 amide bonds. The molecule has 0 aliphatic heterocycles. The molecular weight excluding hydrogens is 298 g/mol. The molecule has 0 saturated carbocycles. The molecule has 0 fully saturated rings. The zero-order valence-corrected chi connectivity index (χ0v) is 11.8. The van der Waals surface area contributed by atoms with Crippen molar-refractivity contribution in [3.8, 4) is 5.88 Å². The first-order valence-electron chi connectivity index (χ1n) is 5.80.